The zero-order chi connectivity index (χ0) is 23.4. The van der Waals surface area contributed by atoms with Gasteiger partial charge < -0.3 is 9.47 Å². The number of rotatable bonds is 6. The fraction of sp³-hybridized carbons (Fsp3) is 0.227. The molecule has 0 aliphatic rings. The second-order valence-electron chi connectivity index (χ2n) is 7.08. The van der Waals surface area contributed by atoms with Crippen LogP contribution in [0, 0.1) is 12.7 Å². The average molecular weight is 461 g/mol. The van der Waals surface area contributed by atoms with Gasteiger partial charge in [0.1, 0.15) is 16.5 Å². The van der Waals surface area contributed by atoms with Gasteiger partial charge in [-0.2, -0.15) is 5.10 Å². The highest BCUT2D eigenvalue weighted by Crippen LogP contribution is 2.29. The Morgan fingerprint density at radius 2 is 1.72 bits per heavy atom. The molecule has 32 heavy (non-hydrogen) atoms. The summed E-state index contributed by atoms with van der Waals surface area (Å²) in [5, 5.41) is 4.26. The maximum atomic E-state index is 13.2. The summed E-state index contributed by atoms with van der Waals surface area (Å²) in [6.45, 7) is 5.35. The molecule has 0 aliphatic heterocycles. The lowest BCUT2D eigenvalue weighted by atomic mass is 10.2. The Labute approximate surface area is 189 Å². The molecule has 3 rings (SSSR count). The quantitative estimate of drug-likeness (QED) is 0.545. The number of nitrogens with one attached hydrogen (secondary N) is 2. The van der Waals surface area contributed by atoms with E-state index in [1.807, 2.05) is 13.8 Å². The Hall–Kier alpha value is -3.59. The number of aromatic nitrogens is 2. The molecule has 0 saturated heterocycles. The number of benzene rings is 2. The van der Waals surface area contributed by atoms with E-state index in [9.17, 15) is 14.0 Å². The molecule has 168 valence electrons. The number of hydrazine groups is 1. The highest BCUT2D eigenvalue weighted by Gasteiger charge is 2.22. The molecule has 3 aromatic rings. The Kier molecular flexibility index (Phi) is 6.99. The molecule has 2 N–H and O–H groups in total. The minimum atomic E-state index is -0.652. The van der Waals surface area contributed by atoms with Gasteiger partial charge in [-0.3, -0.25) is 20.4 Å². The second kappa shape index (κ2) is 9.69. The second-order valence-corrected chi connectivity index (χ2v) is 7.44. The zero-order valence-electron chi connectivity index (χ0n) is 17.9. The first-order chi connectivity index (χ1) is 15.2. The highest BCUT2D eigenvalue weighted by molar-refractivity contribution is 6.33. The highest BCUT2D eigenvalue weighted by atomic mass is 35.5. The summed E-state index contributed by atoms with van der Waals surface area (Å²) in [7, 11) is 1.47. The molecule has 1 aromatic heterocycles. The van der Waals surface area contributed by atoms with Crippen molar-refractivity contribution >= 4 is 23.4 Å². The van der Waals surface area contributed by atoms with Gasteiger partial charge in [0.15, 0.2) is 11.5 Å². The summed E-state index contributed by atoms with van der Waals surface area (Å²) < 4.78 is 25.4. The van der Waals surface area contributed by atoms with Crippen LogP contribution in [0.25, 0.3) is 5.69 Å². The zero-order valence-corrected chi connectivity index (χ0v) is 18.7. The van der Waals surface area contributed by atoms with Gasteiger partial charge in [-0.05, 0) is 63.2 Å². The van der Waals surface area contributed by atoms with Crippen LogP contribution in [0.5, 0.6) is 11.5 Å². The third-order valence-electron chi connectivity index (χ3n) is 4.38. The van der Waals surface area contributed by atoms with Crippen molar-refractivity contribution in [3.63, 3.8) is 0 Å². The van der Waals surface area contributed by atoms with Crippen molar-refractivity contribution in [2.45, 2.75) is 26.9 Å². The molecule has 0 aliphatic carbocycles. The van der Waals surface area contributed by atoms with Crippen molar-refractivity contribution in [1.82, 2.24) is 20.6 Å². The summed E-state index contributed by atoms with van der Waals surface area (Å²) in [4.78, 5) is 25.2. The third kappa shape index (κ3) is 5.00. The molecular formula is C22H22ClFN4O4. The van der Waals surface area contributed by atoms with Gasteiger partial charge in [-0.1, -0.05) is 11.6 Å². The molecule has 0 fully saturated rings. The van der Waals surface area contributed by atoms with E-state index in [4.69, 9.17) is 21.1 Å². The number of ether oxygens (including phenoxy) is 2. The fourth-order valence-electron chi connectivity index (χ4n) is 2.92. The summed E-state index contributed by atoms with van der Waals surface area (Å²) >= 11 is 6.33. The van der Waals surface area contributed by atoms with Crippen LogP contribution in [0.15, 0.2) is 42.5 Å². The van der Waals surface area contributed by atoms with E-state index < -0.39 is 17.6 Å². The monoisotopic (exact) mass is 460 g/mol. The number of halogens is 2. The third-order valence-corrected chi connectivity index (χ3v) is 4.73. The number of aryl methyl sites for hydroxylation is 1. The van der Waals surface area contributed by atoms with E-state index in [2.05, 4.69) is 16.0 Å². The van der Waals surface area contributed by atoms with Gasteiger partial charge in [0.25, 0.3) is 11.8 Å². The Balaban J connectivity index is 1.73. The lowest BCUT2D eigenvalue weighted by Gasteiger charge is -2.14. The first-order valence-electron chi connectivity index (χ1n) is 9.67. The lowest BCUT2D eigenvalue weighted by molar-refractivity contribution is 0.0846. The van der Waals surface area contributed by atoms with Crippen molar-refractivity contribution in [1.29, 1.82) is 0 Å². The van der Waals surface area contributed by atoms with E-state index in [0.29, 0.717) is 22.9 Å². The van der Waals surface area contributed by atoms with Crippen LogP contribution < -0.4 is 20.3 Å². The standard InChI is InChI=1S/C22H22ClFN4O4/c1-12(2)32-17-10-5-14(11-18(17)31-4)21(29)25-26-22(30)19-13(3)27-28(20(19)23)16-8-6-15(24)7-9-16/h5-12H,1-4H3,(H,25,29)(H,26,30). The number of nitrogens with zero attached hydrogens (tertiary/aromatic N) is 2. The molecular weight excluding hydrogens is 439 g/mol. The van der Waals surface area contributed by atoms with Crippen LogP contribution in [-0.2, 0) is 0 Å². The van der Waals surface area contributed by atoms with Gasteiger partial charge in [0, 0.05) is 5.56 Å². The maximum Gasteiger partial charge on any atom is 0.274 e. The van der Waals surface area contributed by atoms with Crippen LogP contribution in [0.1, 0.15) is 40.3 Å². The van der Waals surface area contributed by atoms with E-state index >= 15 is 0 Å². The molecule has 0 spiro atoms. The Morgan fingerprint density at radius 3 is 2.34 bits per heavy atom. The van der Waals surface area contributed by atoms with Gasteiger partial charge in [0.2, 0.25) is 0 Å². The van der Waals surface area contributed by atoms with Crippen molar-refractivity contribution < 1.29 is 23.5 Å². The summed E-state index contributed by atoms with van der Waals surface area (Å²) in [5.74, 6) is -0.737. The predicted molar refractivity (Wildman–Crippen MR) is 117 cm³/mol. The largest absolute Gasteiger partial charge is 0.493 e. The minimum Gasteiger partial charge on any atom is -0.493 e. The molecule has 1 heterocycles. The van der Waals surface area contributed by atoms with Gasteiger partial charge in [0.05, 0.1) is 24.6 Å². The first-order valence-corrected chi connectivity index (χ1v) is 10.1. The topological polar surface area (TPSA) is 94.5 Å². The van der Waals surface area contributed by atoms with Crippen LogP contribution in [0.4, 0.5) is 4.39 Å². The number of carbonyl (C=O) groups is 2. The summed E-state index contributed by atoms with van der Waals surface area (Å²) in [5.41, 5.74) is 5.82. The molecule has 0 radical (unpaired) electrons. The van der Waals surface area contributed by atoms with Crippen LogP contribution in [0.3, 0.4) is 0 Å². The van der Waals surface area contributed by atoms with Gasteiger partial charge in [-0.15, -0.1) is 0 Å². The maximum absolute atomic E-state index is 13.2. The van der Waals surface area contributed by atoms with E-state index in [-0.39, 0.29) is 22.4 Å². The first kappa shape index (κ1) is 23.1. The van der Waals surface area contributed by atoms with E-state index in [0.717, 1.165) is 0 Å². The molecule has 0 unspecified atom stereocenters. The summed E-state index contributed by atoms with van der Waals surface area (Å²) in [6.07, 6.45) is -0.0633. The van der Waals surface area contributed by atoms with E-state index in [1.165, 1.54) is 42.1 Å². The Morgan fingerprint density at radius 1 is 1.06 bits per heavy atom. The molecule has 2 aromatic carbocycles. The molecule has 0 bridgehead atoms. The fourth-order valence-corrected chi connectivity index (χ4v) is 3.28. The number of hydrogen-bond donors (Lipinski definition) is 2. The van der Waals surface area contributed by atoms with E-state index in [1.54, 1.807) is 19.1 Å². The normalized spacial score (nSPS) is 10.7. The van der Waals surface area contributed by atoms with Gasteiger partial charge >= 0.3 is 0 Å². The molecule has 2 amide bonds. The van der Waals surface area contributed by atoms with Crippen molar-refractivity contribution in [2.75, 3.05) is 7.11 Å². The summed E-state index contributed by atoms with van der Waals surface area (Å²) in [6, 6.07) is 10.1. The SMILES string of the molecule is COc1cc(C(=O)NNC(=O)c2c(C)nn(-c3ccc(F)cc3)c2Cl)ccc1OC(C)C. The van der Waals surface area contributed by atoms with Crippen molar-refractivity contribution in [2.24, 2.45) is 0 Å². The molecule has 8 nitrogen and oxygen atoms in total. The lowest BCUT2D eigenvalue weighted by Crippen LogP contribution is -2.41. The molecule has 0 saturated carbocycles. The van der Waals surface area contributed by atoms with Crippen molar-refractivity contribution in [3.8, 4) is 17.2 Å². The number of hydrogen-bond acceptors (Lipinski definition) is 5. The van der Waals surface area contributed by atoms with Crippen LogP contribution in [0.2, 0.25) is 5.15 Å². The molecule has 10 heteroatoms. The molecule has 0 atom stereocenters. The predicted octanol–water partition coefficient (Wildman–Crippen LogP) is 3.84. The smallest absolute Gasteiger partial charge is 0.274 e. The number of methoxy groups -OCH3 is 1. The van der Waals surface area contributed by atoms with Crippen LogP contribution >= 0.6 is 11.6 Å². The number of amides is 2. The van der Waals surface area contributed by atoms with Crippen molar-refractivity contribution in [3.05, 3.63) is 70.3 Å². The Bertz CT molecular complexity index is 1150. The number of carbonyl (C=O) groups excluding carboxylic acids is 2. The van der Waals surface area contributed by atoms with Crippen LogP contribution in [-0.4, -0.2) is 34.8 Å². The average Bonchev–Trinajstić information content (AvgIpc) is 3.06. The minimum absolute atomic E-state index is 0.0257. The van der Waals surface area contributed by atoms with Gasteiger partial charge in [-0.25, -0.2) is 9.07 Å².